The van der Waals surface area contributed by atoms with Gasteiger partial charge >= 0.3 is 0 Å². The van der Waals surface area contributed by atoms with Crippen LogP contribution in [0, 0.1) is 0 Å². The molecule has 0 unspecified atom stereocenters. The third-order valence-electron chi connectivity index (χ3n) is 12.4. The molecule has 0 spiro atoms. The Morgan fingerprint density at radius 3 is 2.07 bits per heavy atom. The first-order valence-electron chi connectivity index (χ1n) is 20.1. The molecule has 0 aliphatic rings. The second-order valence-electron chi connectivity index (χ2n) is 15.6. The Kier molecular flexibility index (Phi) is 6.38. The van der Waals surface area contributed by atoms with E-state index in [2.05, 4.69) is 180 Å². The molecule has 5 heterocycles. The number of nitrogens with zero attached hydrogens (tertiary/aromatic N) is 3. The Morgan fingerprint density at radius 1 is 0.433 bits per heavy atom. The molecule has 0 saturated carbocycles. The highest BCUT2D eigenvalue weighted by Gasteiger charge is 2.24. The van der Waals surface area contributed by atoms with E-state index in [-0.39, 0.29) is 0 Å². The third-order valence-corrected chi connectivity index (χ3v) is 13.6. The molecule has 14 aromatic rings. The van der Waals surface area contributed by atoms with Gasteiger partial charge in [0.25, 0.3) is 0 Å². The summed E-state index contributed by atoms with van der Waals surface area (Å²) in [5.74, 6) is 0.613. The molecule has 5 nitrogen and oxygen atoms in total. The van der Waals surface area contributed by atoms with E-state index in [4.69, 9.17) is 18.8 Å². The van der Waals surface area contributed by atoms with Gasteiger partial charge in [-0.3, -0.25) is 4.57 Å². The van der Waals surface area contributed by atoms with Crippen molar-refractivity contribution < 1.29 is 8.83 Å². The zero-order valence-electron chi connectivity index (χ0n) is 31.8. The number of fused-ring (bicyclic) bond motifs is 17. The molecule has 14 rings (SSSR count). The number of hydrogen-bond acceptors (Lipinski definition) is 5. The molecule has 0 radical (unpaired) electrons. The number of benzene rings is 9. The van der Waals surface area contributed by atoms with Gasteiger partial charge in [0.2, 0.25) is 5.95 Å². The third kappa shape index (κ3) is 4.35. The van der Waals surface area contributed by atoms with Crippen LogP contribution in [0.25, 0.3) is 136 Å². The maximum absolute atomic E-state index is 7.04. The summed E-state index contributed by atoms with van der Waals surface area (Å²) in [4.78, 5) is 11.0. The maximum atomic E-state index is 7.04. The van der Waals surface area contributed by atoms with E-state index < -0.39 is 0 Å². The number of thiophene rings is 1. The van der Waals surface area contributed by atoms with Crippen LogP contribution in [0.2, 0.25) is 0 Å². The summed E-state index contributed by atoms with van der Waals surface area (Å²) in [6, 6.07) is 62.2. The van der Waals surface area contributed by atoms with E-state index in [1.54, 1.807) is 11.3 Å². The van der Waals surface area contributed by atoms with Crippen molar-refractivity contribution in [3.05, 3.63) is 176 Å². The lowest BCUT2D eigenvalue weighted by Crippen LogP contribution is -2.02. The second kappa shape index (κ2) is 11.9. The molecule has 0 atom stereocenters. The molecular formula is C54H29N3O2S. The number of para-hydroxylation sites is 1. The number of rotatable bonds is 3. The van der Waals surface area contributed by atoms with E-state index in [1.807, 2.05) is 0 Å². The fraction of sp³-hybridized carbons (Fsp3) is 0. The number of aromatic nitrogens is 3. The fourth-order valence-corrected chi connectivity index (χ4v) is 10.9. The van der Waals surface area contributed by atoms with Crippen LogP contribution in [-0.4, -0.2) is 14.5 Å². The van der Waals surface area contributed by atoms with Crippen molar-refractivity contribution in [3.8, 4) is 28.3 Å². The summed E-state index contributed by atoms with van der Waals surface area (Å²) in [7, 11) is 0. The number of hydrogen-bond donors (Lipinski definition) is 0. The first-order chi connectivity index (χ1) is 29.7. The van der Waals surface area contributed by atoms with Gasteiger partial charge in [0, 0.05) is 42.6 Å². The second-order valence-corrected chi connectivity index (χ2v) is 16.7. The minimum Gasteiger partial charge on any atom is -0.456 e. The van der Waals surface area contributed by atoms with Crippen LogP contribution in [0.3, 0.4) is 0 Å². The average Bonchev–Trinajstić information content (AvgIpc) is 4.07. The first kappa shape index (κ1) is 32.2. The maximum Gasteiger partial charge on any atom is 0.235 e. The predicted octanol–water partition coefficient (Wildman–Crippen LogP) is 15.4. The molecular weight excluding hydrogens is 755 g/mol. The van der Waals surface area contributed by atoms with Crippen LogP contribution in [0.15, 0.2) is 185 Å². The Morgan fingerprint density at radius 2 is 1.17 bits per heavy atom. The van der Waals surface area contributed by atoms with Gasteiger partial charge in [-0.2, -0.15) is 0 Å². The van der Waals surface area contributed by atoms with Gasteiger partial charge in [-0.1, -0.05) is 121 Å². The monoisotopic (exact) mass is 783 g/mol. The predicted molar refractivity (Wildman–Crippen MR) is 250 cm³/mol. The Bertz CT molecular complexity index is 4130. The summed E-state index contributed by atoms with van der Waals surface area (Å²) in [5.41, 5.74) is 10.6. The summed E-state index contributed by atoms with van der Waals surface area (Å²) < 4.78 is 17.9. The summed E-state index contributed by atoms with van der Waals surface area (Å²) in [6.07, 6.45) is 0. The van der Waals surface area contributed by atoms with Gasteiger partial charge in [-0.25, -0.2) is 9.97 Å². The standard InChI is InChI=1S/C54H29N3O2S/c1-2-12-30(13-3-1)39-29-45-48(35-17-7-6-16-34(35)39)38-24-25-42-49(52(38)59-45)36-18-8-10-20-41(36)57(42)54-55-50(53-51(56-54)37-19-9-11-21-46(37)60-53)32-23-26-43-40(28-32)47-33-15-5-4-14-31(33)22-27-44(47)58-43/h1-29H. The van der Waals surface area contributed by atoms with Crippen molar-refractivity contribution in [1.82, 2.24) is 14.5 Å². The highest BCUT2D eigenvalue weighted by atomic mass is 32.1. The highest BCUT2D eigenvalue weighted by molar-refractivity contribution is 7.26. The summed E-state index contributed by atoms with van der Waals surface area (Å²) >= 11 is 1.74. The van der Waals surface area contributed by atoms with Crippen molar-refractivity contribution in [2.45, 2.75) is 0 Å². The summed E-state index contributed by atoms with van der Waals surface area (Å²) in [6.45, 7) is 0. The van der Waals surface area contributed by atoms with Crippen molar-refractivity contribution in [3.63, 3.8) is 0 Å². The molecule has 0 bridgehead atoms. The molecule has 0 fully saturated rings. The van der Waals surface area contributed by atoms with Crippen molar-refractivity contribution in [2.24, 2.45) is 0 Å². The van der Waals surface area contributed by atoms with Crippen LogP contribution in [0.4, 0.5) is 0 Å². The zero-order chi connectivity index (χ0) is 39.1. The van der Waals surface area contributed by atoms with Crippen LogP contribution in [0.1, 0.15) is 0 Å². The van der Waals surface area contributed by atoms with Crippen molar-refractivity contribution in [1.29, 1.82) is 0 Å². The van der Waals surface area contributed by atoms with Gasteiger partial charge in [0.05, 0.1) is 32.3 Å². The molecule has 278 valence electrons. The van der Waals surface area contributed by atoms with Gasteiger partial charge in [-0.15, -0.1) is 11.3 Å². The fourth-order valence-electron chi connectivity index (χ4n) is 9.79. The minimum atomic E-state index is 0.613. The lowest BCUT2D eigenvalue weighted by molar-refractivity contribution is 0.669. The minimum absolute atomic E-state index is 0.613. The van der Waals surface area contributed by atoms with Crippen molar-refractivity contribution >= 4 is 119 Å². The summed E-state index contributed by atoms with van der Waals surface area (Å²) in [5, 5.41) is 12.4. The van der Waals surface area contributed by atoms with Crippen LogP contribution < -0.4 is 0 Å². The molecule has 9 aromatic carbocycles. The largest absolute Gasteiger partial charge is 0.456 e. The van der Waals surface area contributed by atoms with Crippen LogP contribution in [0.5, 0.6) is 0 Å². The lowest BCUT2D eigenvalue weighted by Gasteiger charge is -2.10. The van der Waals surface area contributed by atoms with E-state index in [0.29, 0.717) is 5.95 Å². The topological polar surface area (TPSA) is 57.0 Å². The molecule has 0 aliphatic carbocycles. The SMILES string of the molecule is c1ccc(-c2cc3oc4c(ccc5c4c4ccccc4n5-c4nc(-c5ccc6oc7ccc8ccccc8c7c6c5)c5sc6ccccc6c5n4)c3c3ccccc23)cc1. The molecule has 0 saturated heterocycles. The smallest absolute Gasteiger partial charge is 0.235 e. The van der Waals surface area contributed by atoms with Gasteiger partial charge in [0.15, 0.2) is 0 Å². The molecule has 0 N–H and O–H groups in total. The van der Waals surface area contributed by atoms with E-state index in [0.717, 1.165) is 104 Å². The van der Waals surface area contributed by atoms with Crippen LogP contribution in [-0.2, 0) is 0 Å². The highest BCUT2D eigenvalue weighted by Crippen LogP contribution is 2.46. The molecule has 6 heteroatoms. The molecule has 0 amide bonds. The molecule has 5 aromatic heterocycles. The molecule has 0 aliphatic heterocycles. The van der Waals surface area contributed by atoms with Gasteiger partial charge in [-0.05, 0) is 87.3 Å². The Balaban J connectivity index is 1.07. The van der Waals surface area contributed by atoms with E-state index in [1.165, 1.54) is 26.2 Å². The van der Waals surface area contributed by atoms with Gasteiger partial charge < -0.3 is 8.83 Å². The zero-order valence-corrected chi connectivity index (χ0v) is 32.6. The van der Waals surface area contributed by atoms with Crippen molar-refractivity contribution in [2.75, 3.05) is 0 Å². The number of furan rings is 2. The first-order valence-corrected chi connectivity index (χ1v) is 21.0. The quantitative estimate of drug-likeness (QED) is 0.179. The lowest BCUT2D eigenvalue weighted by atomic mass is 9.95. The van der Waals surface area contributed by atoms with E-state index in [9.17, 15) is 0 Å². The van der Waals surface area contributed by atoms with Crippen LogP contribution >= 0.6 is 11.3 Å². The Labute approximate surface area is 345 Å². The van der Waals surface area contributed by atoms with E-state index >= 15 is 0 Å². The van der Waals surface area contributed by atoms with Gasteiger partial charge in [0.1, 0.15) is 22.3 Å². The average molecular weight is 784 g/mol. The Hall–Kier alpha value is -7.80. The normalized spacial score (nSPS) is 12.3. The molecule has 60 heavy (non-hydrogen) atoms.